The number of carbonyl (C=O) groups excluding carboxylic acids is 1. The van der Waals surface area contributed by atoms with Gasteiger partial charge in [-0.15, -0.1) is 0 Å². The zero-order valence-corrected chi connectivity index (χ0v) is 13.4. The Morgan fingerprint density at radius 1 is 1.04 bits per heavy atom. The third kappa shape index (κ3) is 4.77. The van der Waals surface area contributed by atoms with Gasteiger partial charge in [-0.1, -0.05) is 32.9 Å². The summed E-state index contributed by atoms with van der Waals surface area (Å²) >= 11 is 0. The van der Waals surface area contributed by atoms with Gasteiger partial charge in [-0.2, -0.15) is 0 Å². The Labute approximate surface area is 134 Å². The number of nitrogens with one attached hydrogen (secondary N) is 2. The average Bonchev–Trinajstić information content (AvgIpc) is 2.47. The van der Waals surface area contributed by atoms with Gasteiger partial charge in [0.2, 0.25) is 5.91 Å². The third-order valence-corrected chi connectivity index (χ3v) is 3.41. The van der Waals surface area contributed by atoms with Crippen LogP contribution < -0.4 is 10.6 Å². The quantitative estimate of drug-likeness (QED) is 0.882. The van der Waals surface area contributed by atoms with Crippen LogP contribution in [0.4, 0.5) is 20.2 Å². The summed E-state index contributed by atoms with van der Waals surface area (Å²) < 4.78 is 26.3. The maximum Gasteiger partial charge on any atom is 0.243 e. The largest absolute Gasteiger partial charge is 0.376 e. The molecule has 0 spiro atoms. The number of benzene rings is 2. The highest BCUT2D eigenvalue weighted by atomic mass is 19.1. The lowest BCUT2D eigenvalue weighted by atomic mass is 9.87. The van der Waals surface area contributed by atoms with Crippen LogP contribution in [0.1, 0.15) is 26.3 Å². The van der Waals surface area contributed by atoms with Crippen LogP contribution in [0, 0.1) is 11.6 Å². The molecule has 0 bridgehead atoms. The van der Waals surface area contributed by atoms with E-state index < -0.39 is 17.5 Å². The molecule has 0 aliphatic carbocycles. The fourth-order valence-electron chi connectivity index (χ4n) is 2.06. The van der Waals surface area contributed by atoms with Crippen molar-refractivity contribution < 1.29 is 13.6 Å². The molecule has 0 heterocycles. The van der Waals surface area contributed by atoms with Crippen molar-refractivity contribution in [2.45, 2.75) is 26.2 Å². The first kappa shape index (κ1) is 16.9. The number of anilines is 2. The predicted octanol–water partition coefficient (Wildman–Crippen LogP) is 4.31. The van der Waals surface area contributed by atoms with Gasteiger partial charge in [0.1, 0.15) is 11.6 Å². The Morgan fingerprint density at radius 2 is 1.70 bits per heavy atom. The Hall–Kier alpha value is -2.43. The van der Waals surface area contributed by atoms with Crippen LogP contribution in [0.3, 0.4) is 0 Å². The van der Waals surface area contributed by atoms with Crippen molar-refractivity contribution in [1.82, 2.24) is 0 Å². The summed E-state index contributed by atoms with van der Waals surface area (Å²) in [6.07, 6.45) is 0. The summed E-state index contributed by atoms with van der Waals surface area (Å²) in [4.78, 5) is 11.8. The average molecular weight is 318 g/mol. The van der Waals surface area contributed by atoms with Crippen LogP contribution in [-0.4, -0.2) is 12.5 Å². The molecular formula is C18H20F2N2O. The second kappa shape index (κ2) is 6.77. The predicted molar refractivity (Wildman–Crippen MR) is 88.6 cm³/mol. The lowest BCUT2D eigenvalue weighted by Crippen LogP contribution is -2.22. The van der Waals surface area contributed by atoms with Crippen LogP contribution in [0.25, 0.3) is 0 Å². The van der Waals surface area contributed by atoms with E-state index in [0.29, 0.717) is 0 Å². The Balaban J connectivity index is 1.91. The molecule has 3 nitrogen and oxygen atoms in total. The van der Waals surface area contributed by atoms with E-state index in [1.54, 1.807) is 0 Å². The normalized spacial score (nSPS) is 11.2. The van der Waals surface area contributed by atoms with Gasteiger partial charge in [0.25, 0.3) is 0 Å². The summed E-state index contributed by atoms with van der Waals surface area (Å²) in [7, 11) is 0. The lowest BCUT2D eigenvalue weighted by molar-refractivity contribution is -0.114. The van der Waals surface area contributed by atoms with Crippen LogP contribution in [0.15, 0.2) is 42.5 Å². The maximum atomic E-state index is 13.5. The third-order valence-electron chi connectivity index (χ3n) is 3.41. The van der Waals surface area contributed by atoms with E-state index in [9.17, 15) is 13.6 Å². The maximum absolute atomic E-state index is 13.5. The Bertz CT molecular complexity index is 691. The Morgan fingerprint density at radius 3 is 2.26 bits per heavy atom. The van der Waals surface area contributed by atoms with Gasteiger partial charge in [-0.3, -0.25) is 4.79 Å². The monoisotopic (exact) mass is 318 g/mol. The molecule has 0 aliphatic heterocycles. The first-order chi connectivity index (χ1) is 10.8. The second-order valence-corrected chi connectivity index (χ2v) is 6.35. The van der Waals surface area contributed by atoms with Gasteiger partial charge < -0.3 is 10.6 Å². The van der Waals surface area contributed by atoms with Crippen LogP contribution in [0.2, 0.25) is 0 Å². The summed E-state index contributed by atoms with van der Waals surface area (Å²) in [6, 6.07) is 10.8. The second-order valence-electron chi connectivity index (χ2n) is 6.35. The van der Waals surface area contributed by atoms with E-state index in [-0.39, 0.29) is 17.6 Å². The molecular weight excluding hydrogens is 298 g/mol. The zero-order chi connectivity index (χ0) is 17.0. The van der Waals surface area contributed by atoms with Crippen molar-refractivity contribution in [3.05, 3.63) is 59.7 Å². The summed E-state index contributed by atoms with van der Waals surface area (Å²) in [5.41, 5.74) is 2.02. The molecule has 0 saturated heterocycles. The van der Waals surface area contributed by atoms with E-state index in [4.69, 9.17) is 0 Å². The van der Waals surface area contributed by atoms with Crippen molar-refractivity contribution in [3.8, 4) is 0 Å². The SMILES string of the molecule is CC(C)(C)c1ccc(NCC(=O)Nc2ccc(F)cc2F)cc1. The number of rotatable bonds is 4. The molecule has 0 atom stereocenters. The fraction of sp³-hybridized carbons (Fsp3) is 0.278. The molecule has 2 aromatic carbocycles. The summed E-state index contributed by atoms with van der Waals surface area (Å²) in [6.45, 7) is 6.37. The van der Waals surface area contributed by atoms with Crippen LogP contribution in [0.5, 0.6) is 0 Å². The van der Waals surface area contributed by atoms with Gasteiger partial charge in [-0.05, 0) is 35.2 Å². The van der Waals surface area contributed by atoms with Gasteiger partial charge in [0.05, 0.1) is 12.2 Å². The Kier molecular flexibility index (Phi) is 4.98. The molecule has 0 saturated carbocycles. The molecule has 1 amide bonds. The van der Waals surface area contributed by atoms with Crippen LogP contribution >= 0.6 is 0 Å². The minimum atomic E-state index is -0.798. The molecule has 0 unspecified atom stereocenters. The van der Waals surface area contributed by atoms with E-state index >= 15 is 0 Å². The first-order valence-electron chi connectivity index (χ1n) is 7.35. The molecule has 0 aliphatic rings. The number of hydrogen-bond acceptors (Lipinski definition) is 2. The van der Waals surface area contributed by atoms with Crippen molar-refractivity contribution >= 4 is 17.3 Å². The topological polar surface area (TPSA) is 41.1 Å². The summed E-state index contributed by atoms with van der Waals surface area (Å²) in [5, 5.41) is 5.37. The summed E-state index contributed by atoms with van der Waals surface area (Å²) in [5.74, 6) is -1.89. The minimum Gasteiger partial charge on any atom is -0.376 e. The van der Waals surface area contributed by atoms with E-state index in [0.717, 1.165) is 17.8 Å². The lowest BCUT2D eigenvalue weighted by Gasteiger charge is -2.19. The molecule has 0 radical (unpaired) electrons. The van der Waals surface area contributed by atoms with Crippen LogP contribution in [-0.2, 0) is 10.2 Å². The molecule has 0 fully saturated rings. The molecule has 2 N–H and O–H groups in total. The molecule has 23 heavy (non-hydrogen) atoms. The minimum absolute atomic E-state index is 0.00825. The van der Waals surface area contributed by atoms with Crippen molar-refractivity contribution in [3.63, 3.8) is 0 Å². The highest BCUT2D eigenvalue weighted by Crippen LogP contribution is 2.23. The highest BCUT2D eigenvalue weighted by molar-refractivity contribution is 5.93. The number of halogens is 2. The number of hydrogen-bond donors (Lipinski definition) is 2. The van der Waals surface area contributed by atoms with Gasteiger partial charge >= 0.3 is 0 Å². The number of carbonyl (C=O) groups is 1. The molecule has 2 rings (SSSR count). The van der Waals surface area contributed by atoms with Crippen molar-refractivity contribution in [2.75, 3.05) is 17.2 Å². The van der Waals surface area contributed by atoms with Gasteiger partial charge in [-0.25, -0.2) is 8.78 Å². The fourth-order valence-corrected chi connectivity index (χ4v) is 2.06. The molecule has 2 aromatic rings. The van der Waals surface area contributed by atoms with E-state index in [1.165, 1.54) is 11.6 Å². The zero-order valence-electron chi connectivity index (χ0n) is 13.4. The highest BCUT2D eigenvalue weighted by Gasteiger charge is 2.13. The van der Waals surface area contributed by atoms with Gasteiger partial charge in [0, 0.05) is 11.8 Å². The number of amides is 1. The first-order valence-corrected chi connectivity index (χ1v) is 7.35. The standard InChI is InChI=1S/C18H20F2N2O/c1-18(2,3)12-4-7-14(8-5-12)21-11-17(23)22-16-9-6-13(19)10-15(16)20/h4-10,21H,11H2,1-3H3,(H,22,23). The van der Waals surface area contributed by atoms with E-state index in [1.807, 2.05) is 24.3 Å². The van der Waals surface area contributed by atoms with Crippen molar-refractivity contribution in [1.29, 1.82) is 0 Å². The molecule has 0 aromatic heterocycles. The van der Waals surface area contributed by atoms with Gasteiger partial charge in [0.15, 0.2) is 0 Å². The molecule has 122 valence electrons. The smallest absolute Gasteiger partial charge is 0.243 e. The van der Waals surface area contributed by atoms with E-state index in [2.05, 4.69) is 31.4 Å². The van der Waals surface area contributed by atoms with Crippen molar-refractivity contribution in [2.24, 2.45) is 0 Å². The molecule has 5 heteroatoms.